The van der Waals surface area contributed by atoms with Crippen molar-refractivity contribution in [1.82, 2.24) is 10.3 Å². The highest BCUT2D eigenvalue weighted by atomic mass is 35.5. The maximum absolute atomic E-state index is 5.58. The molecule has 1 atom stereocenters. The number of hydrogen-bond acceptors (Lipinski definition) is 2. The molecule has 0 spiro atoms. The molecule has 3 aromatic rings. The van der Waals surface area contributed by atoms with Crippen LogP contribution < -0.4 is 10.1 Å². The summed E-state index contributed by atoms with van der Waals surface area (Å²) >= 11 is 0. The molecule has 1 unspecified atom stereocenters. The molecule has 0 saturated carbocycles. The summed E-state index contributed by atoms with van der Waals surface area (Å²) in [6.07, 6.45) is 3.17. The second kappa shape index (κ2) is 8.04. The third-order valence-corrected chi connectivity index (χ3v) is 4.18. The Labute approximate surface area is 143 Å². The number of halogens is 1. The van der Waals surface area contributed by atoms with E-state index in [-0.39, 0.29) is 12.4 Å². The van der Waals surface area contributed by atoms with Crippen LogP contribution in [-0.4, -0.2) is 25.7 Å². The molecule has 1 aromatic heterocycles. The van der Waals surface area contributed by atoms with Gasteiger partial charge in [0.15, 0.2) is 0 Å². The number of aromatic nitrogens is 1. The highest BCUT2D eigenvalue weighted by Crippen LogP contribution is 2.37. The summed E-state index contributed by atoms with van der Waals surface area (Å²) in [7, 11) is 3.73. The Bertz CT molecular complexity index is 739. The minimum atomic E-state index is 0. The van der Waals surface area contributed by atoms with Gasteiger partial charge in [-0.3, -0.25) is 0 Å². The summed E-state index contributed by atoms with van der Waals surface area (Å²) in [5.74, 6) is 1.28. The van der Waals surface area contributed by atoms with Crippen LogP contribution in [0.5, 0.6) is 5.75 Å². The number of hydrogen-bond donors (Lipinski definition) is 2. The zero-order valence-electron chi connectivity index (χ0n) is 13.5. The lowest BCUT2D eigenvalue weighted by Crippen LogP contribution is -2.13. The van der Waals surface area contributed by atoms with Crippen molar-refractivity contribution in [1.29, 1.82) is 0 Å². The van der Waals surface area contributed by atoms with Gasteiger partial charge in [0.2, 0.25) is 0 Å². The Morgan fingerprint density at radius 2 is 1.87 bits per heavy atom. The first-order valence-electron chi connectivity index (χ1n) is 7.68. The van der Waals surface area contributed by atoms with Crippen molar-refractivity contribution in [2.45, 2.75) is 12.3 Å². The van der Waals surface area contributed by atoms with Gasteiger partial charge in [-0.05, 0) is 43.3 Å². The smallest absolute Gasteiger partial charge is 0.128 e. The van der Waals surface area contributed by atoms with Crippen LogP contribution in [-0.2, 0) is 0 Å². The Morgan fingerprint density at radius 1 is 1.09 bits per heavy atom. The Kier molecular flexibility index (Phi) is 6.08. The normalized spacial score (nSPS) is 11.9. The fourth-order valence-electron chi connectivity index (χ4n) is 3.10. The van der Waals surface area contributed by atoms with Crippen LogP contribution >= 0.6 is 12.4 Å². The van der Waals surface area contributed by atoms with E-state index in [1.807, 2.05) is 19.2 Å². The van der Waals surface area contributed by atoms with Gasteiger partial charge < -0.3 is 15.0 Å². The van der Waals surface area contributed by atoms with E-state index in [1.54, 1.807) is 7.11 Å². The number of methoxy groups -OCH3 is 1. The van der Waals surface area contributed by atoms with Gasteiger partial charge in [0.05, 0.1) is 7.11 Å². The Morgan fingerprint density at radius 3 is 2.57 bits per heavy atom. The molecule has 0 radical (unpaired) electrons. The van der Waals surface area contributed by atoms with Crippen LogP contribution in [0.25, 0.3) is 10.9 Å². The van der Waals surface area contributed by atoms with E-state index in [0.717, 1.165) is 24.2 Å². The van der Waals surface area contributed by atoms with Crippen LogP contribution in [0.2, 0.25) is 0 Å². The molecule has 0 aliphatic rings. The molecule has 122 valence electrons. The van der Waals surface area contributed by atoms with Crippen molar-refractivity contribution in [3.05, 3.63) is 65.9 Å². The molecule has 0 fully saturated rings. The van der Waals surface area contributed by atoms with E-state index in [2.05, 4.69) is 52.9 Å². The molecular weight excluding hydrogens is 308 g/mol. The van der Waals surface area contributed by atoms with Crippen molar-refractivity contribution in [2.24, 2.45) is 0 Å². The molecule has 0 saturated heterocycles. The van der Waals surface area contributed by atoms with Gasteiger partial charge in [-0.25, -0.2) is 0 Å². The highest BCUT2D eigenvalue weighted by molar-refractivity contribution is 5.90. The summed E-state index contributed by atoms with van der Waals surface area (Å²) in [4.78, 5) is 3.39. The van der Waals surface area contributed by atoms with E-state index in [9.17, 15) is 0 Å². The van der Waals surface area contributed by atoms with E-state index >= 15 is 0 Å². The summed E-state index contributed by atoms with van der Waals surface area (Å²) in [5, 5.41) is 4.45. The van der Waals surface area contributed by atoms with E-state index in [4.69, 9.17) is 4.74 Å². The van der Waals surface area contributed by atoms with E-state index in [1.165, 1.54) is 16.5 Å². The number of H-pyrrole nitrogens is 1. The SMILES string of the molecule is CNCCC(c1ccccc1)c1c[nH]c2cccc(OC)c12.Cl. The number of rotatable bonds is 6. The largest absolute Gasteiger partial charge is 0.496 e. The predicted molar refractivity (Wildman–Crippen MR) is 98.9 cm³/mol. The number of aromatic amines is 1. The number of nitrogens with one attached hydrogen (secondary N) is 2. The number of benzene rings is 2. The topological polar surface area (TPSA) is 37.0 Å². The quantitative estimate of drug-likeness (QED) is 0.705. The standard InChI is InChI=1S/C19H22N2O.ClH/c1-20-12-11-15(14-7-4-3-5-8-14)16-13-21-17-9-6-10-18(22-2)19(16)17;/h3-10,13,15,20-21H,11-12H2,1-2H3;1H. The lowest BCUT2D eigenvalue weighted by molar-refractivity contribution is 0.419. The van der Waals surface area contributed by atoms with Crippen molar-refractivity contribution < 1.29 is 4.74 Å². The van der Waals surface area contributed by atoms with Gasteiger partial charge in [-0.1, -0.05) is 36.4 Å². The number of fused-ring (bicyclic) bond motifs is 1. The minimum absolute atomic E-state index is 0. The second-order valence-electron chi connectivity index (χ2n) is 5.48. The lowest BCUT2D eigenvalue weighted by atomic mass is 9.88. The molecule has 2 N–H and O–H groups in total. The third kappa shape index (κ3) is 3.52. The van der Waals surface area contributed by atoms with E-state index in [0.29, 0.717) is 5.92 Å². The average molecular weight is 331 g/mol. The first kappa shape index (κ1) is 17.4. The van der Waals surface area contributed by atoms with Gasteiger partial charge in [-0.15, -0.1) is 12.4 Å². The van der Waals surface area contributed by atoms with Crippen LogP contribution in [0.3, 0.4) is 0 Å². The van der Waals surface area contributed by atoms with Crippen LogP contribution in [0.1, 0.15) is 23.5 Å². The zero-order valence-corrected chi connectivity index (χ0v) is 14.3. The first-order chi connectivity index (χ1) is 10.8. The predicted octanol–water partition coefficient (Wildman–Crippen LogP) is 4.34. The van der Waals surface area contributed by atoms with Gasteiger partial charge in [-0.2, -0.15) is 0 Å². The van der Waals surface area contributed by atoms with Gasteiger partial charge >= 0.3 is 0 Å². The molecule has 3 rings (SSSR count). The molecule has 3 nitrogen and oxygen atoms in total. The maximum atomic E-state index is 5.58. The molecular formula is C19H23ClN2O. The molecule has 0 bridgehead atoms. The van der Waals surface area contributed by atoms with Gasteiger partial charge in [0.25, 0.3) is 0 Å². The van der Waals surface area contributed by atoms with Gasteiger partial charge in [0, 0.05) is 23.0 Å². The lowest BCUT2D eigenvalue weighted by Gasteiger charge is -2.18. The summed E-state index contributed by atoms with van der Waals surface area (Å²) in [5.41, 5.74) is 3.76. The molecule has 4 heteroatoms. The molecule has 0 aliphatic heterocycles. The Hall–Kier alpha value is -1.97. The first-order valence-corrected chi connectivity index (χ1v) is 7.68. The fraction of sp³-hybridized carbons (Fsp3) is 0.263. The summed E-state index contributed by atoms with van der Waals surface area (Å²) in [6.45, 7) is 0.974. The highest BCUT2D eigenvalue weighted by Gasteiger charge is 2.19. The van der Waals surface area contributed by atoms with Crippen molar-refractivity contribution in [3.63, 3.8) is 0 Å². The summed E-state index contributed by atoms with van der Waals surface area (Å²) < 4.78 is 5.58. The van der Waals surface area contributed by atoms with Crippen molar-refractivity contribution in [3.8, 4) is 5.75 Å². The van der Waals surface area contributed by atoms with Crippen LogP contribution in [0.4, 0.5) is 0 Å². The average Bonchev–Trinajstić information content (AvgIpc) is 3.00. The van der Waals surface area contributed by atoms with Crippen molar-refractivity contribution in [2.75, 3.05) is 20.7 Å². The van der Waals surface area contributed by atoms with E-state index < -0.39 is 0 Å². The molecule has 1 heterocycles. The van der Waals surface area contributed by atoms with Gasteiger partial charge in [0.1, 0.15) is 5.75 Å². The molecule has 0 amide bonds. The molecule has 0 aliphatic carbocycles. The zero-order chi connectivity index (χ0) is 15.4. The molecule has 23 heavy (non-hydrogen) atoms. The van der Waals surface area contributed by atoms with Crippen LogP contribution in [0, 0.1) is 0 Å². The maximum Gasteiger partial charge on any atom is 0.128 e. The number of ether oxygens (including phenoxy) is 1. The van der Waals surface area contributed by atoms with Crippen molar-refractivity contribution >= 4 is 23.3 Å². The second-order valence-corrected chi connectivity index (χ2v) is 5.48. The summed E-state index contributed by atoms with van der Waals surface area (Å²) in [6, 6.07) is 16.8. The Balaban J connectivity index is 0.00000192. The van der Waals surface area contributed by atoms with Crippen LogP contribution in [0.15, 0.2) is 54.7 Å². The monoisotopic (exact) mass is 330 g/mol. The molecule has 2 aromatic carbocycles. The third-order valence-electron chi connectivity index (χ3n) is 4.18. The minimum Gasteiger partial charge on any atom is -0.496 e. The fourth-order valence-corrected chi connectivity index (χ4v) is 3.10.